The zero-order valence-corrected chi connectivity index (χ0v) is 16.8. The molecule has 0 amide bonds. The van der Waals surface area contributed by atoms with Gasteiger partial charge in [0.05, 0.1) is 5.75 Å². The highest BCUT2D eigenvalue weighted by molar-refractivity contribution is 7.87. The van der Waals surface area contributed by atoms with E-state index in [1.165, 1.54) is 13.3 Å². The summed E-state index contributed by atoms with van der Waals surface area (Å²) in [5, 5.41) is 0. The first-order valence-electron chi connectivity index (χ1n) is 9.51. The normalized spacial score (nSPS) is 17.3. The number of rotatable bonds is 7. The molecule has 4 rings (SSSR count). The molecule has 154 valence electrons. The van der Waals surface area contributed by atoms with Crippen LogP contribution in [0.2, 0.25) is 0 Å². The smallest absolute Gasteiger partial charge is 0.317 e. The minimum Gasteiger partial charge on any atom is -0.471 e. The van der Waals surface area contributed by atoms with E-state index >= 15 is 0 Å². The van der Waals surface area contributed by atoms with Crippen LogP contribution in [0.3, 0.4) is 0 Å². The van der Waals surface area contributed by atoms with E-state index in [0.717, 1.165) is 18.4 Å². The highest BCUT2D eigenvalue weighted by Crippen LogP contribution is 2.34. The van der Waals surface area contributed by atoms with Crippen LogP contribution in [0.1, 0.15) is 38.0 Å². The minimum absolute atomic E-state index is 0.0844. The third-order valence-electron chi connectivity index (χ3n) is 4.63. The van der Waals surface area contributed by atoms with Gasteiger partial charge >= 0.3 is 16.1 Å². The Balaban J connectivity index is 1.74. The molecule has 0 bridgehead atoms. The third kappa shape index (κ3) is 4.33. The van der Waals surface area contributed by atoms with E-state index in [-0.39, 0.29) is 17.6 Å². The number of ether oxygens (including phenoxy) is 2. The van der Waals surface area contributed by atoms with E-state index in [9.17, 15) is 8.42 Å². The number of aromatic nitrogens is 4. The Bertz CT molecular complexity index is 1080. The molecule has 1 aromatic carbocycles. The van der Waals surface area contributed by atoms with Crippen LogP contribution < -0.4 is 8.92 Å². The van der Waals surface area contributed by atoms with Gasteiger partial charge in [0.2, 0.25) is 5.88 Å². The number of hydrogen-bond acceptors (Lipinski definition) is 8. The van der Waals surface area contributed by atoms with Crippen LogP contribution in [-0.2, 0) is 21.5 Å². The van der Waals surface area contributed by atoms with Crippen LogP contribution in [0.5, 0.6) is 11.9 Å². The molecule has 29 heavy (non-hydrogen) atoms. The molecule has 3 heterocycles. The molecule has 1 fully saturated rings. The Morgan fingerprint density at radius 3 is 2.76 bits per heavy atom. The molecule has 1 aliphatic rings. The highest BCUT2D eigenvalue weighted by atomic mass is 32.2. The Morgan fingerprint density at radius 2 is 2.03 bits per heavy atom. The van der Waals surface area contributed by atoms with Gasteiger partial charge in [-0.15, -0.1) is 0 Å². The molecule has 0 radical (unpaired) electrons. The maximum atomic E-state index is 12.1. The van der Waals surface area contributed by atoms with E-state index in [2.05, 4.69) is 15.0 Å². The first-order valence-corrected chi connectivity index (χ1v) is 11.1. The molecule has 9 nitrogen and oxygen atoms in total. The van der Waals surface area contributed by atoms with Crippen molar-refractivity contribution < 1.29 is 22.1 Å². The van der Waals surface area contributed by atoms with Crippen LogP contribution in [0.4, 0.5) is 0 Å². The summed E-state index contributed by atoms with van der Waals surface area (Å²) in [6, 6.07) is 9.56. The number of benzene rings is 1. The molecule has 0 spiro atoms. The van der Waals surface area contributed by atoms with Crippen LogP contribution in [0, 0.1) is 0 Å². The SMILES string of the molecule is CCS(=O)(=O)Oc1nc2c(OCc3ccccc3)ncnc2n1C1CCCCO1. The van der Waals surface area contributed by atoms with Crippen molar-refractivity contribution in [2.45, 2.75) is 39.0 Å². The van der Waals surface area contributed by atoms with Gasteiger partial charge in [-0.25, -0.2) is 9.55 Å². The van der Waals surface area contributed by atoms with Crippen molar-refractivity contribution >= 4 is 21.3 Å². The van der Waals surface area contributed by atoms with Crippen molar-refractivity contribution in [3.8, 4) is 11.9 Å². The second-order valence-electron chi connectivity index (χ2n) is 6.64. The molecular weight excluding hydrogens is 396 g/mol. The van der Waals surface area contributed by atoms with Crippen molar-refractivity contribution in [2.75, 3.05) is 12.4 Å². The molecule has 1 unspecified atom stereocenters. The predicted molar refractivity (Wildman–Crippen MR) is 105 cm³/mol. The standard InChI is InChI=1S/C19H22N4O5S/c1-2-29(24,25)28-19-22-16-17(23(19)15-10-6-7-11-26-15)20-13-21-18(16)27-12-14-8-4-3-5-9-14/h3-5,8-9,13,15H,2,6-7,10-12H2,1H3. The lowest BCUT2D eigenvalue weighted by Gasteiger charge is -2.24. The fraction of sp³-hybridized carbons (Fsp3) is 0.421. The molecule has 1 saturated heterocycles. The maximum absolute atomic E-state index is 12.1. The molecule has 0 aliphatic carbocycles. The fourth-order valence-electron chi connectivity index (χ4n) is 3.12. The lowest BCUT2D eigenvalue weighted by atomic mass is 10.2. The number of nitrogens with zero attached hydrogens (tertiary/aromatic N) is 4. The molecule has 3 aromatic rings. The molecule has 0 N–H and O–H groups in total. The number of fused-ring (bicyclic) bond motifs is 1. The average Bonchev–Trinajstić information content (AvgIpc) is 3.11. The summed E-state index contributed by atoms with van der Waals surface area (Å²) in [6.07, 6.45) is 3.56. The van der Waals surface area contributed by atoms with Gasteiger partial charge in [-0.2, -0.15) is 18.4 Å². The Morgan fingerprint density at radius 1 is 1.21 bits per heavy atom. The van der Waals surface area contributed by atoms with Crippen LogP contribution in [-0.4, -0.2) is 40.3 Å². The van der Waals surface area contributed by atoms with Gasteiger partial charge in [0, 0.05) is 6.61 Å². The van der Waals surface area contributed by atoms with Gasteiger partial charge in [0.1, 0.15) is 19.2 Å². The van der Waals surface area contributed by atoms with Crippen LogP contribution in [0.25, 0.3) is 11.2 Å². The molecule has 0 saturated carbocycles. The largest absolute Gasteiger partial charge is 0.471 e. The van der Waals surface area contributed by atoms with Crippen molar-refractivity contribution in [1.82, 2.24) is 19.5 Å². The van der Waals surface area contributed by atoms with Crippen molar-refractivity contribution in [2.24, 2.45) is 0 Å². The second kappa shape index (κ2) is 8.34. The van der Waals surface area contributed by atoms with Gasteiger partial charge in [0.25, 0.3) is 0 Å². The van der Waals surface area contributed by atoms with Crippen LogP contribution >= 0.6 is 0 Å². The zero-order valence-electron chi connectivity index (χ0n) is 16.0. The van der Waals surface area contributed by atoms with Crippen molar-refractivity contribution in [1.29, 1.82) is 0 Å². The lowest BCUT2D eigenvalue weighted by Crippen LogP contribution is -2.21. The lowest BCUT2D eigenvalue weighted by molar-refractivity contribution is -0.0320. The first-order chi connectivity index (χ1) is 14.1. The Labute approximate surface area is 168 Å². The minimum atomic E-state index is -3.78. The van der Waals surface area contributed by atoms with Gasteiger partial charge < -0.3 is 13.7 Å². The van der Waals surface area contributed by atoms with E-state index in [1.807, 2.05) is 30.3 Å². The van der Waals surface area contributed by atoms with Crippen molar-refractivity contribution in [3.05, 3.63) is 42.2 Å². The molecule has 10 heteroatoms. The van der Waals surface area contributed by atoms with E-state index < -0.39 is 16.3 Å². The third-order valence-corrected chi connectivity index (χ3v) is 5.74. The van der Waals surface area contributed by atoms with Gasteiger partial charge in [-0.3, -0.25) is 0 Å². The van der Waals surface area contributed by atoms with E-state index in [0.29, 0.717) is 30.8 Å². The van der Waals surface area contributed by atoms with E-state index in [1.54, 1.807) is 4.57 Å². The monoisotopic (exact) mass is 418 g/mol. The Hall–Kier alpha value is -2.72. The quantitative estimate of drug-likeness (QED) is 0.539. The summed E-state index contributed by atoms with van der Waals surface area (Å²) < 4.78 is 42.7. The summed E-state index contributed by atoms with van der Waals surface area (Å²) in [6.45, 7) is 2.38. The Kier molecular flexibility index (Phi) is 5.63. The van der Waals surface area contributed by atoms with Crippen molar-refractivity contribution in [3.63, 3.8) is 0 Å². The van der Waals surface area contributed by atoms with E-state index in [4.69, 9.17) is 13.7 Å². The summed E-state index contributed by atoms with van der Waals surface area (Å²) in [5.74, 6) is 0.0808. The number of imidazole rings is 1. The maximum Gasteiger partial charge on any atom is 0.317 e. The second-order valence-corrected chi connectivity index (χ2v) is 8.50. The van der Waals surface area contributed by atoms with Gasteiger partial charge in [-0.05, 0) is 31.7 Å². The van der Waals surface area contributed by atoms with Gasteiger partial charge in [-0.1, -0.05) is 30.3 Å². The zero-order chi connectivity index (χ0) is 20.3. The topological polar surface area (TPSA) is 105 Å². The molecular formula is C19H22N4O5S. The molecule has 1 aliphatic heterocycles. The predicted octanol–water partition coefficient (Wildman–Crippen LogP) is 2.83. The van der Waals surface area contributed by atoms with Crippen LogP contribution in [0.15, 0.2) is 36.7 Å². The molecule has 1 atom stereocenters. The summed E-state index contributed by atoms with van der Waals surface area (Å²) >= 11 is 0. The highest BCUT2D eigenvalue weighted by Gasteiger charge is 2.28. The number of hydrogen-bond donors (Lipinski definition) is 0. The fourth-order valence-corrected chi connectivity index (χ4v) is 3.58. The molecule has 2 aromatic heterocycles. The summed E-state index contributed by atoms with van der Waals surface area (Å²) in [7, 11) is -3.78. The first kappa shape index (κ1) is 19.6. The summed E-state index contributed by atoms with van der Waals surface area (Å²) in [4.78, 5) is 12.9. The van der Waals surface area contributed by atoms with Gasteiger partial charge in [0.15, 0.2) is 11.2 Å². The summed E-state index contributed by atoms with van der Waals surface area (Å²) in [5.41, 5.74) is 1.72. The average molecular weight is 418 g/mol.